The van der Waals surface area contributed by atoms with Crippen LogP contribution in [0.1, 0.15) is 10.4 Å². The zero-order chi connectivity index (χ0) is 18.0. The molecule has 0 saturated heterocycles. The third-order valence-electron chi connectivity index (χ3n) is 3.92. The van der Waals surface area contributed by atoms with E-state index < -0.39 is 27.6 Å². The van der Waals surface area contributed by atoms with Gasteiger partial charge in [-0.3, -0.25) is 4.79 Å². The number of ether oxygens (including phenoxy) is 1. The summed E-state index contributed by atoms with van der Waals surface area (Å²) in [6.45, 7) is 0. The Bertz CT molecular complexity index is 922. The van der Waals surface area contributed by atoms with Crippen LogP contribution >= 0.6 is 0 Å². The molecular weight excluding hydrogens is 345 g/mol. The smallest absolute Gasteiger partial charge is 0.261 e. The number of sulfone groups is 1. The first-order valence-electron chi connectivity index (χ1n) is 7.54. The van der Waals surface area contributed by atoms with Crippen molar-refractivity contribution in [3.05, 3.63) is 71.4 Å². The van der Waals surface area contributed by atoms with Crippen molar-refractivity contribution in [2.24, 2.45) is 0 Å². The fraction of sp³-hybridized carbons (Fsp3) is 0.167. The number of carbonyl (C=O) groups excluding carboxylic acids is 1. The summed E-state index contributed by atoms with van der Waals surface area (Å²) in [6.07, 6.45) is 1.44. The molecule has 2 aromatic rings. The molecule has 2 aromatic carbocycles. The van der Waals surface area contributed by atoms with Crippen LogP contribution in [0.5, 0.6) is 5.75 Å². The third-order valence-corrected chi connectivity index (χ3v) is 5.29. The number of halogens is 1. The fourth-order valence-corrected chi connectivity index (χ4v) is 3.95. The summed E-state index contributed by atoms with van der Waals surface area (Å²) in [6, 6.07) is 11.5. The maximum Gasteiger partial charge on any atom is 0.261 e. The number of benzene rings is 2. The highest BCUT2D eigenvalue weighted by molar-refractivity contribution is 7.94. The number of carbonyl (C=O) groups is 1. The van der Waals surface area contributed by atoms with E-state index in [0.29, 0.717) is 11.4 Å². The number of anilines is 1. The molecule has 25 heavy (non-hydrogen) atoms. The van der Waals surface area contributed by atoms with E-state index in [1.165, 1.54) is 36.3 Å². The molecule has 1 heterocycles. The van der Waals surface area contributed by atoms with Crippen LogP contribution in [0, 0.1) is 5.82 Å². The maximum absolute atomic E-state index is 14.1. The summed E-state index contributed by atoms with van der Waals surface area (Å²) in [5, 5.41) is 1.09. The van der Waals surface area contributed by atoms with Crippen molar-refractivity contribution >= 4 is 21.4 Å². The van der Waals surface area contributed by atoms with Crippen LogP contribution < -0.4 is 9.64 Å². The zero-order valence-corrected chi connectivity index (χ0v) is 14.2. The minimum absolute atomic E-state index is 0.115. The number of hydrogen-bond acceptors (Lipinski definition) is 4. The van der Waals surface area contributed by atoms with Crippen LogP contribution in [0.3, 0.4) is 0 Å². The van der Waals surface area contributed by atoms with Gasteiger partial charge in [0.25, 0.3) is 5.91 Å². The van der Waals surface area contributed by atoms with Crippen molar-refractivity contribution in [3.63, 3.8) is 0 Å². The van der Waals surface area contributed by atoms with E-state index >= 15 is 0 Å². The van der Waals surface area contributed by atoms with Crippen molar-refractivity contribution in [1.29, 1.82) is 0 Å². The first-order valence-corrected chi connectivity index (χ1v) is 9.26. The molecule has 5 nitrogen and oxygen atoms in total. The molecule has 130 valence electrons. The Morgan fingerprint density at radius 3 is 2.40 bits per heavy atom. The van der Waals surface area contributed by atoms with Crippen molar-refractivity contribution in [2.75, 3.05) is 17.8 Å². The number of nitrogens with zero attached hydrogens (tertiary/aromatic N) is 1. The molecule has 1 aliphatic rings. The topological polar surface area (TPSA) is 63.7 Å². The van der Waals surface area contributed by atoms with Crippen molar-refractivity contribution in [1.82, 2.24) is 0 Å². The van der Waals surface area contributed by atoms with E-state index in [4.69, 9.17) is 4.74 Å². The van der Waals surface area contributed by atoms with Crippen molar-refractivity contribution < 1.29 is 22.3 Å². The van der Waals surface area contributed by atoms with Gasteiger partial charge >= 0.3 is 0 Å². The molecule has 0 saturated carbocycles. The molecule has 0 spiro atoms. The van der Waals surface area contributed by atoms with Gasteiger partial charge in [0.05, 0.1) is 24.5 Å². The largest absolute Gasteiger partial charge is 0.497 e. The number of methoxy groups -OCH3 is 1. The van der Waals surface area contributed by atoms with E-state index in [1.807, 2.05) is 0 Å². The van der Waals surface area contributed by atoms with Gasteiger partial charge in [0, 0.05) is 11.1 Å². The van der Waals surface area contributed by atoms with Gasteiger partial charge in [0.1, 0.15) is 11.6 Å². The van der Waals surface area contributed by atoms with E-state index in [0.717, 1.165) is 5.41 Å². The van der Waals surface area contributed by atoms with Gasteiger partial charge in [-0.2, -0.15) is 0 Å². The Kier molecular flexibility index (Phi) is 4.59. The minimum atomic E-state index is -3.38. The molecule has 0 fully saturated rings. The molecule has 0 aliphatic carbocycles. The first kappa shape index (κ1) is 17.2. The molecule has 7 heteroatoms. The monoisotopic (exact) mass is 361 g/mol. The van der Waals surface area contributed by atoms with Gasteiger partial charge in [-0.15, -0.1) is 0 Å². The zero-order valence-electron chi connectivity index (χ0n) is 13.4. The summed E-state index contributed by atoms with van der Waals surface area (Å²) in [7, 11) is -1.86. The van der Waals surface area contributed by atoms with Crippen molar-refractivity contribution in [3.8, 4) is 5.75 Å². The summed E-state index contributed by atoms with van der Waals surface area (Å²) in [4.78, 5) is 14.2. The highest BCUT2D eigenvalue weighted by Gasteiger charge is 2.32. The van der Waals surface area contributed by atoms with E-state index in [9.17, 15) is 17.6 Å². The number of hydrogen-bond donors (Lipinski definition) is 0. The Morgan fingerprint density at radius 2 is 1.84 bits per heavy atom. The van der Waals surface area contributed by atoms with Crippen LogP contribution in [0.25, 0.3) is 0 Å². The van der Waals surface area contributed by atoms with Crippen LogP contribution in [-0.4, -0.2) is 33.2 Å². The highest BCUT2D eigenvalue weighted by atomic mass is 32.2. The normalized spacial score (nSPS) is 18.1. The Balaban J connectivity index is 2.04. The lowest BCUT2D eigenvalue weighted by Crippen LogP contribution is -2.41. The van der Waals surface area contributed by atoms with Crippen molar-refractivity contribution in [2.45, 2.75) is 6.04 Å². The summed E-state index contributed by atoms with van der Waals surface area (Å²) in [5.41, 5.74) is 0.344. The second-order valence-electron chi connectivity index (χ2n) is 5.58. The van der Waals surface area contributed by atoms with Gasteiger partial charge in [0.15, 0.2) is 9.84 Å². The standard InChI is InChI=1S/C18H16FNO4S/c1-24-15-8-6-13(7-9-15)20(14-10-11-25(22,23)12-14)18(21)16-4-2-3-5-17(16)19/h2-11,14H,12H2,1H3. The fourth-order valence-electron chi connectivity index (χ4n) is 2.69. The molecule has 1 atom stereocenters. The predicted octanol–water partition coefficient (Wildman–Crippen LogP) is 2.79. The average molecular weight is 361 g/mol. The lowest BCUT2D eigenvalue weighted by molar-refractivity contribution is 0.0979. The molecular formula is C18H16FNO4S. The molecule has 3 rings (SSSR count). The second-order valence-corrected chi connectivity index (χ2v) is 7.51. The van der Waals surface area contributed by atoms with E-state index in [-0.39, 0.29) is 11.3 Å². The van der Waals surface area contributed by atoms with Gasteiger partial charge in [0.2, 0.25) is 0 Å². The highest BCUT2D eigenvalue weighted by Crippen LogP contribution is 2.27. The lowest BCUT2D eigenvalue weighted by atomic mass is 10.1. The van der Waals surface area contributed by atoms with Crippen LogP contribution in [0.4, 0.5) is 10.1 Å². The third kappa shape index (κ3) is 3.56. The molecule has 0 radical (unpaired) electrons. The van der Waals surface area contributed by atoms with E-state index in [1.54, 1.807) is 30.3 Å². The van der Waals surface area contributed by atoms with Gasteiger partial charge in [-0.05, 0) is 42.5 Å². The average Bonchev–Trinajstić information content (AvgIpc) is 2.95. The minimum Gasteiger partial charge on any atom is -0.497 e. The number of rotatable bonds is 4. The molecule has 0 N–H and O–H groups in total. The van der Waals surface area contributed by atoms with Crippen LogP contribution in [-0.2, 0) is 9.84 Å². The summed E-state index contributed by atoms with van der Waals surface area (Å²) >= 11 is 0. The quantitative estimate of drug-likeness (QED) is 0.840. The summed E-state index contributed by atoms with van der Waals surface area (Å²) in [5.74, 6) is -0.901. The molecule has 0 aromatic heterocycles. The first-order chi connectivity index (χ1) is 11.9. The lowest BCUT2D eigenvalue weighted by Gasteiger charge is -2.28. The van der Waals surface area contributed by atoms with Gasteiger partial charge < -0.3 is 9.64 Å². The SMILES string of the molecule is COc1ccc(N(C(=O)c2ccccc2F)C2C=CS(=O)(=O)C2)cc1. The Hall–Kier alpha value is -2.67. The molecule has 1 aliphatic heterocycles. The molecule has 1 unspecified atom stereocenters. The maximum atomic E-state index is 14.1. The Labute approximate surface area is 145 Å². The van der Waals surface area contributed by atoms with Crippen LogP contribution in [0.2, 0.25) is 0 Å². The van der Waals surface area contributed by atoms with Gasteiger partial charge in [-0.1, -0.05) is 12.1 Å². The predicted molar refractivity (Wildman–Crippen MR) is 92.9 cm³/mol. The molecule has 1 amide bonds. The number of amides is 1. The summed E-state index contributed by atoms with van der Waals surface area (Å²) < 4.78 is 42.7. The molecule has 0 bridgehead atoms. The van der Waals surface area contributed by atoms with Crippen LogP contribution in [0.15, 0.2) is 60.0 Å². The second kappa shape index (κ2) is 6.68. The Morgan fingerprint density at radius 1 is 1.16 bits per heavy atom. The van der Waals surface area contributed by atoms with E-state index in [2.05, 4.69) is 0 Å². The van der Waals surface area contributed by atoms with Gasteiger partial charge in [-0.25, -0.2) is 12.8 Å².